The average molecular weight is 370 g/mol. The fraction of sp³-hybridized carbons (Fsp3) is 0.118. The number of carboxylic acids is 1. The summed E-state index contributed by atoms with van der Waals surface area (Å²) in [5.74, 6) is -4.41. The minimum Gasteiger partial charge on any atom is -0.478 e. The zero-order chi connectivity index (χ0) is 18.4. The molecule has 2 atom stereocenters. The van der Waals surface area contributed by atoms with Crippen molar-refractivity contribution in [2.24, 2.45) is 11.1 Å². The van der Waals surface area contributed by atoms with E-state index >= 15 is 0 Å². The molecule has 1 saturated heterocycles. The second kappa shape index (κ2) is 5.88. The van der Waals surface area contributed by atoms with Crippen LogP contribution in [0.25, 0.3) is 0 Å². The lowest BCUT2D eigenvalue weighted by molar-refractivity contribution is -0.126. The lowest BCUT2D eigenvalue weighted by Gasteiger charge is -2.17. The number of hydrogen-bond donors (Lipinski definition) is 1. The molecular weight excluding hydrogens is 360 g/mol. The molecule has 1 aromatic carbocycles. The molecule has 0 unspecified atom stereocenters. The first-order valence-electron chi connectivity index (χ1n) is 7.52. The van der Waals surface area contributed by atoms with Crippen molar-refractivity contribution in [2.75, 3.05) is 4.90 Å². The van der Waals surface area contributed by atoms with Gasteiger partial charge in [0.25, 0.3) is 5.91 Å². The first-order valence-corrected chi connectivity index (χ1v) is 8.40. The monoisotopic (exact) mass is 370 g/mol. The van der Waals surface area contributed by atoms with E-state index in [1.165, 1.54) is 35.6 Å². The Bertz CT molecular complexity index is 981. The van der Waals surface area contributed by atoms with Crippen molar-refractivity contribution in [3.63, 3.8) is 0 Å². The van der Waals surface area contributed by atoms with Crippen molar-refractivity contribution < 1.29 is 29.1 Å². The fourth-order valence-electron chi connectivity index (χ4n) is 2.99. The zero-order valence-electron chi connectivity index (χ0n) is 13.0. The molecule has 2 amide bonds. The molecule has 0 spiro atoms. The lowest BCUT2D eigenvalue weighted by Crippen LogP contribution is -2.35. The molecule has 2 aromatic rings. The number of thiophene rings is 1. The van der Waals surface area contributed by atoms with Crippen LogP contribution in [0.5, 0.6) is 0 Å². The van der Waals surface area contributed by atoms with Gasteiger partial charge in [0.05, 0.1) is 16.1 Å². The summed E-state index contributed by atoms with van der Waals surface area (Å²) >= 11 is 1.18. The fourth-order valence-corrected chi connectivity index (χ4v) is 3.66. The van der Waals surface area contributed by atoms with Crippen LogP contribution in [-0.4, -0.2) is 40.5 Å². The standard InChI is InChI=1S/C17H10N2O6S/c20-13(10-6-3-7-26-10)12-11-14(25-18-12)16(22)19(15(11)21)9-5-2-1-4-8(9)17(23)24/h1-7,11,14H,(H,23,24)/t11-,14+/m0/s1. The largest absolute Gasteiger partial charge is 0.478 e. The van der Waals surface area contributed by atoms with Crippen LogP contribution in [0.1, 0.15) is 20.0 Å². The van der Waals surface area contributed by atoms with E-state index in [2.05, 4.69) is 5.16 Å². The number of fused-ring (bicyclic) bond motifs is 1. The molecule has 3 heterocycles. The van der Waals surface area contributed by atoms with Gasteiger partial charge in [0.1, 0.15) is 11.6 Å². The highest BCUT2D eigenvalue weighted by molar-refractivity contribution is 7.13. The minimum absolute atomic E-state index is 0.0593. The number of carbonyl (C=O) groups excluding carboxylic acids is 3. The maximum Gasteiger partial charge on any atom is 0.337 e. The van der Waals surface area contributed by atoms with Crippen molar-refractivity contribution in [3.05, 3.63) is 52.2 Å². The maximum atomic E-state index is 12.9. The van der Waals surface area contributed by atoms with E-state index in [1.807, 2.05) is 0 Å². The van der Waals surface area contributed by atoms with Crippen LogP contribution in [0.2, 0.25) is 0 Å². The van der Waals surface area contributed by atoms with Crippen LogP contribution in [0.3, 0.4) is 0 Å². The molecule has 4 rings (SSSR count). The number of benzene rings is 1. The van der Waals surface area contributed by atoms with E-state index in [4.69, 9.17) is 4.84 Å². The van der Waals surface area contributed by atoms with Crippen LogP contribution in [-0.2, 0) is 14.4 Å². The highest BCUT2D eigenvalue weighted by atomic mass is 32.1. The number of aromatic carboxylic acids is 1. The van der Waals surface area contributed by atoms with Gasteiger partial charge < -0.3 is 9.94 Å². The van der Waals surface area contributed by atoms with Gasteiger partial charge in [0, 0.05) is 0 Å². The van der Waals surface area contributed by atoms with Gasteiger partial charge in [-0.1, -0.05) is 23.4 Å². The smallest absolute Gasteiger partial charge is 0.337 e. The van der Waals surface area contributed by atoms with E-state index in [0.717, 1.165) is 4.90 Å². The number of rotatable bonds is 4. The van der Waals surface area contributed by atoms with Gasteiger partial charge in [-0.25, -0.2) is 9.69 Å². The third-order valence-corrected chi connectivity index (χ3v) is 5.03. The summed E-state index contributed by atoms with van der Waals surface area (Å²) in [4.78, 5) is 55.6. The summed E-state index contributed by atoms with van der Waals surface area (Å²) in [5.41, 5.74) is -0.403. The minimum atomic E-state index is -1.28. The van der Waals surface area contributed by atoms with Crippen molar-refractivity contribution in [2.45, 2.75) is 6.10 Å². The predicted octanol–water partition coefficient (Wildman–Crippen LogP) is 1.57. The van der Waals surface area contributed by atoms with Crippen LogP contribution >= 0.6 is 11.3 Å². The molecule has 0 bridgehead atoms. The van der Waals surface area contributed by atoms with E-state index < -0.39 is 35.6 Å². The molecule has 1 fully saturated rings. The number of anilines is 1. The van der Waals surface area contributed by atoms with E-state index in [0.29, 0.717) is 4.88 Å². The highest BCUT2D eigenvalue weighted by Gasteiger charge is 2.58. The highest BCUT2D eigenvalue weighted by Crippen LogP contribution is 2.35. The second-order valence-electron chi connectivity index (χ2n) is 5.62. The van der Waals surface area contributed by atoms with E-state index in [-0.39, 0.29) is 17.0 Å². The van der Waals surface area contributed by atoms with E-state index in [9.17, 15) is 24.3 Å². The topological polar surface area (TPSA) is 113 Å². The van der Waals surface area contributed by atoms with Gasteiger partial charge in [0.15, 0.2) is 0 Å². The number of carboxylic acid groups (broad SMARTS) is 1. The summed E-state index contributed by atoms with van der Waals surface area (Å²) < 4.78 is 0. The number of imide groups is 1. The van der Waals surface area contributed by atoms with Crippen LogP contribution in [0, 0.1) is 5.92 Å². The molecule has 26 heavy (non-hydrogen) atoms. The summed E-state index contributed by atoms with van der Waals surface area (Å²) in [6, 6.07) is 8.92. The number of nitrogens with zero attached hydrogens (tertiary/aromatic N) is 2. The van der Waals surface area contributed by atoms with Crippen LogP contribution < -0.4 is 4.90 Å². The lowest BCUT2D eigenvalue weighted by atomic mass is 9.96. The summed E-state index contributed by atoms with van der Waals surface area (Å²) in [6.07, 6.45) is -1.26. The van der Waals surface area contributed by atoms with E-state index in [1.54, 1.807) is 17.5 Å². The number of carbonyl (C=O) groups is 4. The Labute approximate surface area is 150 Å². The normalized spacial score (nSPS) is 21.4. The predicted molar refractivity (Wildman–Crippen MR) is 90.3 cm³/mol. The molecule has 1 N–H and O–H groups in total. The number of oxime groups is 1. The van der Waals surface area contributed by atoms with Gasteiger partial charge in [-0.15, -0.1) is 11.3 Å². The van der Waals surface area contributed by atoms with Gasteiger partial charge in [0.2, 0.25) is 17.8 Å². The molecular formula is C17H10N2O6S. The molecule has 0 saturated carbocycles. The number of amides is 2. The summed E-state index contributed by atoms with van der Waals surface area (Å²) in [5, 5.41) is 14.7. The molecule has 0 aliphatic carbocycles. The van der Waals surface area contributed by atoms with Crippen molar-refractivity contribution in [3.8, 4) is 0 Å². The molecule has 0 radical (unpaired) electrons. The summed E-state index contributed by atoms with van der Waals surface area (Å²) in [6.45, 7) is 0. The first-order chi connectivity index (χ1) is 12.5. The maximum absolute atomic E-state index is 12.9. The van der Waals surface area contributed by atoms with Gasteiger partial charge in [-0.05, 0) is 23.6 Å². The Morgan fingerprint density at radius 2 is 1.88 bits per heavy atom. The first kappa shape index (κ1) is 16.2. The molecule has 8 nitrogen and oxygen atoms in total. The molecule has 2 aliphatic rings. The van der Waals surface area contributed by atoms with Crippen molar-refractivity contribution in [1.29, 1.82) is 0 Å². The van der Waals surface area contributed by atoms with Crippen molar-refractivity contribution in [1.82, 2.24) is 0 Å². The third-order valence-electron chi connectivity index (χ3n) is 4.17. The Morgan fingerprint density at radius 1 is 1.12 bits per heavy atom. The second-order valence-corrected chi connectivity index (χ2v) is 6.57. The van der Waals surface area contributed by atoms with Gasteiger partial charge in [-0.3, -0.25) is 14.4 Å². The molecule has 1 aromatic heterocycles. The molecule has 9 heteroatoms. The zero-order valence-corrected chi connectivity index (χ0v) is 13.8. The summed E-state index contributed by atoms with van der Waals surface area (Å²) in [7, 11) is 0. The third kappa shape index (κ3) is 2.25. The SMILES string of the molecule is O=C(C1=NO[C@H]2C(=O)N(c3ccccc3C(=O)O)C(=O)[C@@H]12)c1cccs1. The quantitative estimate of drug-likeness (QED) is 0.646. The number of ketones is 1. The Kier molecular flexibility index (Phi) is 3.66. The number of hydrogen-bond acceptors (Lipinski definition) is 7. The molecule has 130 valence electrons. The Hall–Kier alpha value is -3.33. The Balaban J connectivity index is 1.72. The van der Waals surface area contributed by atoms with Gasteiger partial charge in [-0.2, -0.15) is 0 Å². The van der Waals surface area contributed by atoms with Crippen molar-refractivity contribution >= 4 is 46.3 Å². The van der Waals surface area contributed by atoms with Crippen LogP contribution in [0.4, 0.5) is 5.69 Å². The van der Waals surface area contributed by atoms with Crippen LogP contribution in [0.15, 0.2) is 46.9 Å². The molecule has 2 aliphatic heterocycles. The number of Topliss-reactive ketones (excluding diaryl/α,β-unsaturated/α-hetero) is 1. The Morgan fingerprint density at radius 3 is 2.58 bits per heavy atom. The average Bonchev–Trinajstić information content (AvgIpc) is 3.34. The van der Waals surface area contributed by atoms with Gasteiger partial charge >= 0.3 is 5.97 Å². The number of para-hydroxylation sites is 1.